The van der Waals surface area contributed by atoms with E-state index in [4.69, 9.17) is 14.7 Å². The average molecular weight is 505 g/mol. The molecule has 0 saturated heterocycles. The Morgan fingerprint density at radius 2 is 1.76 bits per heavy atom. The number of ether oxygens (including phenoxy) is 2. The summed E-state index contributed by atoms with van der Waals surface area (Å²) in [6, 6.07) is 5.33. The summed E-state index contributed by atoms with van der Waals surface area (Å²) in [5.74, 6) is 1.28. The second-order valence-corrected chi connectivity index (χ2v) is 9.44. The van der Waals surface area contributed by atoms with Crippen LogP contribution >= 0.6 is 0 Å². The molecule has 3 rings (SSSR count). The number of benzene rings is 2. The van der Waals surface area contributed by atoms with Crippen molar-refractivity contribution >= 4 is 15.7 Å². The van der Waals surface area contributed by atoms with Crippen molar-refractivity contribution in [2.45, 2.75) is 30.5 Å². The van der Waals surface area contributed by atoms with Gasteiger partial charge in [0.05, 0.1) is 24.7 Å². The van der Waals surface area contributed by atoms with Crippen molar-refractivity contribution in [2.24, 2.45) is 0 Å². The Labute approximate surface area is 194 Å². The summed E-state index contributed by atoms with van der Waals surface area (Å²) in [5.41, 5.74) is -0.0386. The minimum Gasteiger partial charge on any atom is -0.493 e. The zero-order valence-corrected chi connectivity index (χ0v) is 19.4. The summed E-state index contributed by atoms with van der Waals surface area (Å²) in [4.78, 5) is 11.8. The molecule has 13 heteroatoms. The first-order valence-corrected chi connectivity index (χ1v) is 11.8. The summed E-state index contributed by atoms with van der Waals surface area (Å²) in [6.45, 7) is 1.95. The predicted molar refractivity (Wildman–Crippen MR) is 115 cm³/mol. The molecule has 0 aliphatic carbocycles. The van der Waals surface area contributed by atoms with Gasteiger partial charge in [-0.25, -0.2) is 18.3 Å². The summed E-state index contributed by atoms with van der Waals surface area (Å²) in [6.07, 6.45) is -3.60. The zero-order valence-electron chi connectivity index (χ0n) is 18.6. The standard InChI is InChI=1S/C21H25F3N3O6S/c1-32-18-10-14-6-9-26(13-15(14)11-19(18)33-2)8-3-7-25-34(30,31)20-5-4-16(21(22,23)24)12-17(20)27(28)29/h4-5,10-12,25H,3,6-9,13H2,1-2H3,(H,28,29)/q+1. The highest BCUT2D eigenvalue weighted by Crippen LogP contribution is 2.35. The molecular weight excluding hydrogens is 479 g/mol. The lowest BCUT2D eigenvalue weighted by Gasteiger charge is -2.29. The van der Waals surface area contributed by atoms with Crippen LogP contribution in [0.3, 0.4) is 0 Å². The van der Waals surface area contributed by atoms with Crippen molar-refractivity contribution in [3.63, 3.8) is 0 Å². The molecule has 0 amide bonds. The maximum atomic E-state index is 12.9. The largest absolute Gasteiger partial charge is 0.493 e. The smallest absolute Gasteiger partial charge is 0.416 e. The Balaban J connectivity index is 1.61. The van der Waals surface area contributed by atoms with Crippen molar-refractivity contribution in [3.8, 4) is 11.5 Å². The second-order valence-electron chi connectivity index (χ2n) is 7.71. The molecule has 0 saturated carbocycles. The van der Waals surface area contributed by atoms with Gasteiger partial charge in [-0.1, -0.05) is 0 Å². The van der Waals surface area contributed by atoms with E-state index in [-0.39, 0.29) is 12.6 Å². The quantitative estimate of drug-likeness (QED) is 0.399. The highest BCUT2D eigenvalue weighted by Gasteiger charge is 2.36. The summed E-state index contributed by atoms with van der Waals surface area (Å²) in [7, 11) is -1.20. The molecule has 0 fully saturated rings. The third-order valence-electron chi connectivity index (χ3n) is 5.52. The lowest BCUT2D eigenvalue weighted by molar-refractivity contribution is -0.731. The van der Waals surface area contributed by atoms with E-state index in [0.717, 1.165) is 24.1 Å². The highest BCUT2D eigenvalue weighted by molar-refractivity contribution is 7.89. The fourth-order valence-electron chi connectivity index (χ4n) is 3.79. The van der Waals surface area contributed by atoms with Gasteiger partial charge in [-0.05, 0) is 54.8 Å². The number of sulfonamides is 1. The molecule has 0 unspecified atom stereocenters. The third-order valence-corrected chi connectivity index (χ3v) is 7.03. The third kappa shape index (κ3) is 5.77. The van der Waals surface area contributed by atoms with Crippen LogP contribution in [0.2, 0.25) is 0 Å². The van der Waals surface area contributed by atoms with E-state index in [1.807, 2.05) is 12.1 Å². The van der Waals surface area contributed by atoms with Gasteiger partial charge in [-0.2, -0.15) is 13.2 Å². The van der Waals surface area contributed by atoms with Crippen LogP contribution < -0.4 is 14.2 Å². The van der Waals surface area contributed by atoms with Crippen LogP contribution in [0.4, 0.5) is 18.9 Å². The average Bonchev–Trinajstić information content (AvgIpc) is 2.79. The molecule has 1 aliphatic heterocycles. The van der Waals surface area contributed by atoms with Crippen molar-refractivity contribution in [2.75, 3.05) is 33.9 Å². The first-order valence-electron chi connectivity index (χ1n) is 10.3. The van der Waals surface area contributed by atoms with Crippen LogP contribution in [0.1, 0.15) is 23.1 Å². The second kappa shape index (κ2) is 10.2. The van der Waals surface area contributed by atoms with Crippen LogP contribution in [0.25, 0.3) is 0 Å². The molecule has 0 bridgehead atoms. The normalized spacial score (nSPS) is 14.5. The van der Waals surface area contributed by atoms with E-state index in [9.17, 15) is 26.5 Å². The molecule has 1 aliphatic rings. The van der Waals surface area contributed by atoms with Gasteiger partial charge in [-0.3, -0.25) is 4.90 Å². The minimum absolute atomic E-state index is 0.0115. The van der Waals surface area contributed by atoms with E-state index < -0.39 is 37.3 Å². The molecule has 1 heterocycles. The minimum atomic E-state index is -4.80. The van der Waals surface area contributed by atoms with Crippen LogP contribution in [0, 0.1) is 4.91 Å². The van der Waals surface area contributed by atoms with E-state index in [2.05, 4.69) is 9.62 Å². The zero-order chi connectivity index (χ0) is 25.1. The predicted octanol–water partition coefficient (Wildman–Crippen LogP) is 3.25. The summed E-state index contributed by atoms with van der Waals surface area (Å²) >= 11 is 0. The van der Waals surface area contributed by atoms with Gasteiger partial charge in [0.15, 0.2) is 16.4 Å². The van der Waals surface area contributed by atoms with Crippen molar-refractivity contribution in [3.05, 3.63) is 51.9 Å². The lowest BCUT2D eigenvalue weighted by Crippen LogP contribution is -2.34. The van der Waals surface area contributed by atoms with E-state index in [1.54, 1.807) is 14.2 Å². The number of nitrogens with one attached hydrogen (secondary N) is 1. The molecule has 186 valence electrons. The first kappa shape index (κ1) is 25.7. The molecule has 0 spiro atoms. The van der Waals surface area contributed by atoms with Gasteiger partial charge < -0.3 is 9.47 Å². The Morgan fingerprint density at radius 1 is 1.12 bits per heavy atom. The summed E-state index contributed by atoms with van der Waals surface area (Å²) in [5, 5.41) is 9.14. The SMILES string of the molecule is COc1cc2c(cc1OC)CN(CCCNS(=O)(=O)c1ccc(C(F)(F)F)cc1[N+](=O)O)CC2. The van der Waals surface area contributed by atoms with Gasteiger partial charge in [0.25, 0.3) is 4.92 Å². The molecule has 2 aromatic carbocycles. The van der Waals surface area contributed by atoms with Gasteiger partial charge in [-0.15, -0.1) is 0 Å². The fourth-order valence-corrected chi connectivity index (χ4v) is 5.02. The lowest BCUT2D eigenvalue weighted by atomic mass is 9.98. The Kier molecular flexibility index (Phi) is 7.68. The van der Waals surface area contributed by atoms with E-state index in [0.29, 0.717) is 43.1 Å². The topological polar surface area (TPSA) is 108 Å². The van der Waals surface area contributed by atoms with Crippen LogP contribution in [-0.2, 0) is 29.2 Å². The molecule has 2 aromatic rings. The number of halogens is 3. The Hall–Kier alpha value is -2.90. The highest BCUT2D eigenvalue weighted by atomic mass is 32.2. The Bertz CT molecular complexity index is 1170. The number of rotatable bonds is 9. The Morgan fingerprint density at radius 3 is 2.35 bits per heavy atom. The van der Waals surface area contributed by atoms with E-state index >= 15 is 0 Å². The molecule has 0 aromatic heterocycles. The van der Waals surface area contributed by atoms with Gasteiger partial charge in [0.1, 0.15) is 0 Å². The number of alkyl halides is 3. The molecule has 0 radical (unpaired) electrons. The molecule has 2 N–H and O–H groups in total. The number of fused-ring (bicyclic) bond motifs is 1. The fraction of sp³-hybridized carbons (Fsp3) is 0.429. The van der Waals surface area contributed by atoms with Crippen molar-refractivity contribution < 1.29 is 41.2 Å². The molecule has 34 heavy (non-hydrogen) atoms. The number of hydrogen-bond acceptors (Lipinski definition) is 6. The van der Waals surface area contributed by atoms with Gasteiger partial charge in [0.2, 0.25) is 10.0 Å². The summed E-state index contributed by atoms with van der Waals surface area (Å²) < 4.78 is 76.7. The van der Waals surface area contributed by atoms with Gasteiger partial charge >= 0.3 is 11.9 Å². The van der Waals surface area contributed by atoms with Crippen LogP contribution in [0.15, 0.2) is 35.2 Å². The van der Waals surface area contributed by atoms with E-state index in [1.165, 1.54) is 0 Å². The van der Waals surface area contributed by atoms with Crippen LogP contribution in [-0.4, -0.2) is 57.3 Å². The molecule has 0 atom stereocenters. The first-order chi connectivity index (χ1) is 16.0. The number of hydrogen-bond donors (Lipinski definition) is 2. The van der Waals surface area contributed by atoms with Crippen molar-refractivity contribution in [1.29, 1.82) is 0 Å². The molecular formula is C21H25F3N3O6S+. The van der Waals surface area contributed by atoms with Gasteiger partial charge in [0, 0.05) is 25.7 Å². The number of nitrogens with zero attached hydrogens (tertiary/aromatic N) is 2. The molecule has 9 nitrogen and oxygen atoms in total. The maximum absolute atomic E-state index is 12.9. The monoisotopic (exact) mass is 504 g/mol. The number of methoxy groups -OCH3 is 2. The van der Waals surface area contributed by atoms with Crippen LogP contribution in [0.5, 0.6) is 11.5 Å². The maximum Gasteiger partial charge on any atom is 0.416 e. The van der Waals surface area contributed by atoms with Crippen molar-refractivity contribution in [1.82, 2.24) is 9.62 Å².